The molecule has 2 saturated heterocycles. The summed E-state index contributed by atoms with van der Waals surface area (Å²) in [5, 5.41) is 13.7. The Bertz CT molecular complexity index is 902. The molecule has 1 N–H and O–H groups in total. The van der Waals surface area contributed by atoms with Gasteiger partial charge in [-0.1, -0.05) is 0 Å². The van der Waals surface area contributed by atoms with E-state index in [0.29, 0.717) is 12.6 Å². The maximum Gasteiger partial charge on any atom is 0.253 e. The highest BCUT2D eigenvalue weighted by molar-refractivity contribution is 6.25. The number of ketones is 2. The molecule has 0 aromatic carbocycles. The van der Waals surface area contributed by atoms with Crippen molar-refractivity contribution in [2.45, 2.75) is 25.3 Å². The van der Waals surface area contributed by atoms with Crippen LogP contribution in [0.1, 0.15) is 40.1 Å². The minimum Gasteiger partial charge on any atom is -0.602 e. The molecule has 0 spiro atoms. The van der Waals surface area contributed by atoms with E-state index < -0.39 is 0 Å². The molecule has 166 valence electrons. The largest absolute Gasteiger partial charge is 0.602 e. The fourth-order valence-electron chi connectivity index (χ4n) is 5.25. The molecule has 5 rings (SSSR count). The van der Waals surface area contributed by atoms with Gasteiger partial charge in [0.1, 0.15) is 5.69 Å². The molecule has 1 aromatic rings. The number of fused-ring (bicyclic) bond motifs is 1. The molecule has 2 fully saturated rings. The van der Waals surface area contributed by atoms with Crippen LogP contribution in [0.2, 0.25) is 0 Å². The number of pyridine rings is 1. The average molecular weight is 427 g/mol. The molecule has 4 aliphatic rings. The molecule has 3 aliphatic heterocycles. The van der Waals surface area contributed by atoms with Gasteiger partial charge in [0.2, 0.25) is 17.2 Å². The van der Waals surface area contributed by atoms with Crippen LogP contribution in [0.15, 0.2) is 29.7 Å². The molecule has 0 saturated carbocycles. The third-order valence-electron chi connectivity index (χ3n) is 7.14. The summed E-state index contributed by atoms with van der Waals surface area (Å²) in [7, 11) is 2.20. The van der Waals surface area contributed by atoms with Crippen LogP contribution in [0.3, 0.4) is 0 Å². The zero-order valence-corrected chi connectivity index (χ0v) is 18.0. The molecule has 31 heavy (non-hydrogen) atoms. The van der Waals surface area contributed by atoms with Gasteiger partial charge >= 0.3 is 0 Å². The number of piperidine rings is 1. The van der Waals surface area contributed by atoms with Gasteiger partial charge in [0.25, 0.3) is 5.78 Å². The second-order valence-electron chi connectivity index (χ2n) is 9.00. The quantitative estimate of drug-likeness (QED) is 0.624. The first-order valence-electron chi connectivity index (χ1n) is 11.3. The van der Waals surface area contributed by atoms with Crippen molar-refractivity contribution in [3.63, 3.8) is 0 Å². The van der Waals surface area contributed by atoms with Gasteiger partial charge in [-0.05, 0) is 51.5 Å². The lowest BCUT2D eigenvalue weighted by Crippen LogP contribution is -3.18. The molecule has 9 nitrogen and oxygen atoms in total. The van der Waals surface area contributed by atoms with Crippen molar-refractivity contribution in [2.75, 3.05) is 59.4 Å². The van der Waals surface area contributed by atoms with Gasteiger partial charge in [0, 0.05) is 45.0 Å². The van der Waals surface area contributed by atoms with Crippen molar-refractivity contribution in [2.24, 2.45) is 0 Å². The van der Waals surface area contributed by atoms with Crippen molar-refractivity contribution in [3.8, 4) is 0 Å². The average Bonchev–Trinajstić information content (AvgIpc) is 2.80. The number of hydroxylamine groups is 1. The summed E-state index contributed by atoms with van der Waals surface area (Å²) in [6, 6.07) is 3.89. The van der Waals surface area contributed by atoms with Gasteiger partial charge in [0.15, 0.2) is 0 Å². The summed E-state index contributed by atoms with van der Waals surface area (Å²) in [6.07, 6.45) is 4.81. The molecule has 1 unspecified atom stereocenters. The molecule has 0 amide bonds. The highest BCUT2D eigenvalue weighted by Gasteiger charge is 2.50. The fourth-order valence-corrected chi connectivity index (χ4v) is 5.25. The summed E-state index contributed by atoms with van der Waals surface area (Å²) >= 11 is 0. The molecular weight excluding hydrogens is 396 g/mol. The zero-order chi connectivity index (χ0) is 21.5. The molecular formula is C22H30N6O3. The molecule has 1 aliphatic carbocycles. The van der Waals surface area contributed by atoms with Gasteiger partial charge in [-0.15, -0.1) is 0 Å². The number of rotatable bonds is 5. The second kappa shape index (κ2) is 8.40. The van der Waals surface area contributed by atoms with Gasteiger partial charge in [-0.3, -0.25) is 19.5 Å². The number of likely N-dealkylation sites (tertiary alicyclic amines) is 1. The number of nitrogens with one attached hydrogen (secondary N) is 1. The minimum absolute atomic E-state index is 0.0391. The standard InChI is InChI=1S/C22H30N6O3/c1-24-10-5-16(6-11-24)26-14-12-25(13-15-26)8-3-9-27-19-20(28(27)31)21(29)17-4-2-7-23-18(17)22(19)30/h2,4,7,16,28H,3,5-6,8-15H2,1H3. The van der Waals surface area contributed by atoms with Crippen LogP contribution in [0.5, 0.6) is 0 Å². The van der Waals surface area contributed by atoms with Crippen LogP contribution in [0.25, 0.3) is 0 Å². The summed E-state index contributed by atoms with van der Waals surface area (Å²) in [5.74, 6) is -0.680. The normalized spacial score (nSPS) is 26.1. The predicted octanol–water partition coefficient (Wildman–Crippen LogP) is -0.613. The van der Waals surface area contributed by atoms with Crippen molar-refractivity contribution in [1.82, 2.24) is 24.7 Å². The monoisotopic (exact) mass is 426 g/mol. The smallest absolute Gasteiger partial charge is 0.253 e. The first-order valence-corrected chi connectivity index (χ1v) is 11.3. The third kappa shape index (κ3) is 3.70. The third-order valence-corrected chi connectivity index (χ3v) is 7.14. The van der Waals surface area contributed by atoms with E-state index in [2.05, 4.69) is 26.7 Å². The number of aromatic nitrogens is 1. The summed E-state index contributed by atoms with van der Waals surface area (Å²) < 4.78 is 0. The van der Waals surface area contributed by atoms with Gasteiger partial charge < -0.3 is 15.0 Å². The Hall–Kier alpha value is -2.17. The minimum atomic E-state index is -0.371. The Labute approximate surface area is 182 Å². The maximum absolute atomic E-state index is 12.8. The number of quaternary nitrogens is 1. The number of hydrogen-bond acceptors (Lipinski definition) is 8. The van der Waals surface area contributed by atoms with Gasteiger partial charge in [-0.2, -0.15) is 0 Å². The van der Waals surface area contributed by atoms with Crippen molar-refractivity contribution >= 4 is 11.6 Å². The van der Waals surface area contributed by atoms with Crippen LogP contribution >= 0.6 is 0 Å². The van der Waals surface area contributed by atoms with E-state index in [4.69, 9.17) is 0 Å². The lowest BCUT2D eigenvalue weighted by Gasteiger charge is -2.46. The van der Waals surface area contributed by atoms with E-state index in [1.807, 2.05) is 0 Å². The lowest BCUT2D eigenvalue weighted by atomic mass is 9.92. The molecule has 1 aromatic heterocycles. The van der Waals surface area contributed by atoms with Crippen LogP contribution in [-0.2, 0) is 0 Å². The van der Waals surface area contributed by atoms with Gasteiger partial charge in [0.05, 0.1) is 12.1 Å². The second-order valence-corrected chi connectivity index (χ2v) is 9.00. The highest BCUT2D eigenvalue weighted by atomic mass is 16.6. The molecule has 0 bridgehead atoms. The Kier molecular flexibility index (Phi) is 5.61. The number of Topliss-reactive ketones (excluding diaryl/α,β-unsaturated/α-hetero) is 2. The zero-order valence-electron chi connectivity index (χ0n) is 18.0. The van der Waals surface area contributed by atoms with Crippen LogP contribution < -0.4 is 5.17 Å². The number of carbonyl (C=O) groups is 2. The van der Waals surface area contributed by atoms with Crippen molar-refractivity contribution in [1.29, 1.82) is 0 Å². The van der Waals surface area contributed by atoms with Crippen molar-refractivity contribution in [3.05, 3.63) is 46.2 Å². The number of nitrogens with zero attached hydrogens (tertiary/aromatic N) is 5. The predicted molar refractivity (Wildman–Crippen MR) is 114 cm³/mol. The van der Waals surface area contributed by atoms with Crippen molar-refractivity contribution < 1.29 is 14.8 Å². The van der Waals surface area contributed by atoms with Crippen LogP contribution in [0, 0.1) is 5.21 Å². The van der Waals surface area contributed by atoms with E-state index >= 15 is 0 Å². The van der Waals surface area contributed by atoms with Gasteiger partial charge in [-0.25, -0.2) is 10.2 Å². The summed E-state index contributed by atoms with van der Waals surface area (Å²) in [4.78, 5) is 36.9. The first kappa shape index (κ1) is 20.7. The Morgan fingerprint density at radius 2 is 1.81 bits per heavy atom. The maximum atomic E-state index is 12.8. The van der Waals surface area contributed by atoms with E-state index in [-0.39, 0.29) is 39.4 Å². The lowest BCUT2D eigenvalue weighted by molar-refractivity contribution is -0.951. The van der Waals surface area contributed by atoms with E-state index in [1.165, 1.54) is 37.1 Å². The SMILES string of the molecule is CN1CCC(N2CCN(CCCN3C4=C(C(=O)c5cccnc5C4=O)[NH+]3[O-])CC2)CC1. The van der Waals surface area contributed by atoms with E-state index in [9.17, 15) is 14.8 Å². The molecule has 1 atom stereocenters. The number of hydrogen-bond donors (Lipinski definition) is 1. The molecule has 0 radical (unpaired) electrons. The Morgan fingerprint density at radius 1 is 1.06 bits per heavy atom. The Balaban J connectivity index is 1.12. The summed E-state index contributed by atoms with van der Waals surface area (Å²) in [5.41, 5.74) is 0.682. The van der Waals surface area contributed by atoms with E-state index in [0.717, 1.165) is 39.1 Å². The topological polar surface area (TPSA) is 87.5 Å². The molecule has 9 heteroatoms. The molecule has 4 heterocycles. The van der Waals surface area contributed by atoms with Crippen LogP contribution in [-0.4, -0.2) is 102 Å². The number of piperazine rings is 1. The summed E-state index contributed by atoms with van der Waals surface area (Å²) in [6.45, 7) is 8.02. The number of carbonyl (C=O) groups excluding carboxylic acids is 2. The highest BCUT2D eigenvalue weighted by Crippen LogP contribution is 2.28. The fraction of sp³-hybridized carbons (Fsp3) is 0.591. The Morgan fingerprint density at radius 3 is 2.55 bits per heavy atom. The van der Waals surface area contributed by atoms with E-state index in [1.54, 1.807) is 12.1 Å². The van der Waals surface area contributed by atoms with Crippen LogP contribution in [0.4, 0.5) is 0 Å². The number of allylic oxidation sites excluding steroid dienone is 2. The first-order chi connectivity index (χ1) is 15.0.